The van der Waals surface area contributed by atoms with E-state index in [0.717, 1.165) is 17.5 Å². The molecule has 0 radical (unpaired) electrons. The fraction of sp³-hybridized carbons (Fsp3) is 0.371. The molecule has 1 unspecified atom stereocenters. The molecule has 0 aliphatic carbocycles. The van der Waals surface area contributed by atoms with Crippen LogP contribution in [0.2, 0.25) is 0 Å². The third-order valence-electron chi connectivity index (χ3n) is 7.26. The van der Waals surface area contributed by atoms with E-state index in [0.29, 0.717) is 39.3 Å². The molecule has 0 saturated carbocycles. The van der Waals surface area contributed by atoms with Gasteiger partial charge in [0.15, 0.2) is 11.5 Å². The van der Waals surface area contributed by atoms with Crippen molar-refractivity contribution < 1.29 is 19.0 Å². The number of aryl methyl sites for hydroxylation is 1. The molecule has 0 saturated heterocycles. The van der Waals surface area contributed by atoms with Gasteiger partial charge in [0.1, 0.15) is 6.04 Å². The lowest BCUT2D eigenvalue weighted by atomic mass is 9.81. The molecule has 3 aromatic carbocycles. The van der Waals surface area contributed by atoms with Gasteiger partial charge in [0.25, 0.3) is 5.56 Å². The zero-order valence-electron chi connectivity index (χ0n) is 26.1. The van der Waals surface area contributed by atoms with Crippen LogP contribution in [0.3, 0.4) is 0 Å². The lowest BCUT2D eigenvalue weighted by Crippen LogP contribution is -2.49. The lowest BCUT2D eigenvalue weighted by molar-refractivity contribution is -0.125. The van der Waals surface area contributed by atoms with Crippen molar-refractivity contribution in [1.82, 2.24) is 9.88 Å². The Morgan fingerprint density at radius 3 is 2.02 bits per heavy atom. The summed E-state index contributed by atoms with van der Waals surface area (Å²) in [5.74, 6) is 0.919. The number of aromatic nitrogens is 1. The molecule has 1 N–H and O–H groups in total. The molecule has 1 heterocycles. The van der Waals surface area contributed by atoms with Crippen molar-refractivity contribution in [2.45, 2.75) is 59.5 Å². The fourth-order valence-electron chi connectivity index (χ4n) is 6.03. The molecule has 0 spiro atoms. The van der Waals surface area contributed by atoms with Crippen LogP contribution in [0.15, 0.2) is 71.5 Å². The average Bonchev–Trinajstić information content (AvgIpc) is 2.92. The highest BCUT2D eigenvalue weighted by Crippen LogP contribution is 2.47. The van der Waals surface area contributed by atoms with Gasteiger partial charge >= 0.3 is 0 Å². The normalized spacial score (nSPS) is 12.6. The Hall–Kier alpha value is -4.26. The molecule has 1 amide bonds. The smallest absolute Gasteiger partial charge is 0.252 e. The molecule has 222 valence electrons. The first-order valence-electron chi connectivity index (χ1n) is 14.1. The van der Waals surface area contributed by atoms with E-state index in [9.17, 15) is 9.59 Å². The molecule has 1 aromatic heterocycles. The number of rotatable bonds is 9. The third kappa shape index (κ3) is 6.30. The van der Waals surface area contributed by atoms with Gasteiger partial charge in [0, 0.05) is 23.2 Å². The summed E-state index contributed by atoms with van der Waals surface area (Å²) in [5.41, 5.74) is 2.86. The summed E-state index contributed by atoms with van der Waals surface area (Å²) in [4.78, 5) is 28.6. The minimum atomic E-state index is -0.965. The molecule has 7 nitrogen and oxygen atoms in total. The monoisotopic (exact) mass is 570 g/mol. The molecule has 0 bridgehead atoms. The molecule has 0 fully saturated rings. The zero-order valence-corrected chi connectivity index (χ0v) is 26.1. The van der Waals surface area contributed by atoms with Crippen LogP contribution in [-0.2, 0) is 4.79 Å². The summed E-state index contributed by atoms with van der Waals surface area (Å²) in [6.07, 6.45) is 0.744. The summed E-state index contributed by atoms with van der Waals surface area (Å²) >= 11 is 0. The number of pyridine rings is 1. The summed E-state index contributed by atoms with van der Waals surface area (Å²) in [7, 11) is 4.64. The van der Waals surface area contributed by atoms with E-state index in [1.165, 1.54) is 7.11 Å². The predicted octanol–water partition coefficient (Wildman–Crippen LogP) is 6.92. The summed E-state index contributed by atoms with van der Waals surface area (Å²) in [5, 5.41) is 3.90. The summed E-state index contributed by atoms with van der Waals surface area (Å²) < 4.78 is 18.9. The number of benzene rings is 3. The van der Waals surface area contributed by atoms with Crippen LogP contribution in [0, 0.1) is 12.3 Å². The second-order valence-corrected chi connectivity index (χ2v) is 12.6. The van der Waals surface area contributed by atoms with E-state index < -0.39 is 11.6 Å². The molecule has 4 aromatic rings. The molecule has 4 rings (SSSR count). The van der Waals surface area contributed by atoms with Crippen molar-refractivity contribution in [2.24, 2.45) is 5.41 Å². The van der Waals surface area contributed by atoms with Crippen molar-refractivity contribution in [3.05, 3.63) is 88.2 Å². The first kappa shape index (κ1) is 30.7. The zero-order chi connectivity index (χ0) is 30.8. The number of ether oxygens (including phenoxy) is 3. The Balaban J connectivity index is 2.10. The average molecular weight is 571 g/mol. The maximum absolute atomic E-state index is 14.4. The maximum Gasteiger partial charge on any atom is 0.252 e. The van der Waals surface area contributed by atoms with Crippen LogP contribution >= 0.6 is 0 Å². The van der Waals surface area contributed by atoms with Gasteiger partial charge in [0.05, 0.1) is 32.2 Å². The first-order valence-corrected chi connectivity index (χ1v) is 14.1. The number of nitrogens with one attached hydrogen (secondary N) is 1. The molecule has 1 atom stereocenters. The van der Waals surface area contributed by atoms with Gasteiger partial charge in [-0.25, -0.2) is 0 Å². The largest absolute Gasteiger partial charge is 0.493 e. The van der Waals surface area contributed by atoms with E-state index in [-0.39, 0.29) is 16.9 Å². The van der Waals surface area contributed by atoms with Crippen molar-refractivity contribution in [1.29, 1.82) is 0 Å². The van der Waals surface area contributed by atoms with Gasteiger partial charge in [-0.05, 0) is 43.7 Å². The van der Waals surface area contributed by atoms with Crippen LogP contribution in [0.5, 0.6) is 17.2 Å². The van der Waals surface area contributed by atoms with Gasteiger partial charge in [-0.1, -0.05) is 80.9 Å². The highest BCUT2D eigenvalue weighted by atomic mass is 16.5. The molecule has 7 heteroatoms. The fourth-order valence-corrected chi connectivity index (χ4v) is 6.03. The second kappa shape index (κ2) is 11.9. The number of carbonyl (C=O) groups excluding carboxylic acids is 1. The van der Waals surface area contributed by atoms with Crippen molar-refractivity contribution >= 4 is 16.8 Å². The number of fused-ring (bicyclic) bond motifs is 1. The summed E-state index contributed by atoms with van der Waals surface area (Å²) in [6.45, 7) is 12.4. The van der Waals surface area contributed by atoms with Gasteiger partial charge < -0.3 is 19.5 Å². The number of amides is 1. The Kier molecular flexibility index (Phi) is 8.71. The first-order chi connectivity index (χ1) is 19.8. The molecular formula is C35H42N2O5. The van der Waals surface area contributed by atoms with Crippen molar-refractivity contribution in [3.63, 3.8) is 0 Å². The van der Waals surface area contributed by atoms with Crippen LogP contribution < -0.4 is 25.1 Å². The van der Waals surface area contributed by atoms with Crippen LogP contribution in [0.4, 0.5) is 0 Å². The number of methoxy groups -OCH3 is 3. The van der Waals surface area contributed by atoms with Crippen LogP contribution in [0.25, 0.3) is 22.0 Å². The second-order valence-electron chi connectivity index (χ2n) is 12.6. The van der Waals surface area contributed by atoms with Gasteiger partial charge in [-0.15, -0.1) is 0 Å². The van der Waals surface area contributed by atoms with Gasteiger partial charge in [0.2, 0.25) is 11.7 Å². The number of carbonyl (C=O) groups is 1. The van der Waals surface area contributed by atoms with Crippen molar-refractivity contribution in [2.75, 3.05) is 21.3 Å². The number of hydrogen-bond acceptors (Lipinski definition) is 5. The highest BCUT2D eigenvalue weighted by molar-refractivity contribution is 6.03. The number of nitrogens with zero attached hydrogens (tertiary/aromatic N) is 1. The maximum atomic E-state index is 14.4. The predicted molar refractivity (Wildman–Crippen MR) is 169 cm³/mol. The Bertz CT molecular complexity index is 1630. The minimum absolute atomic E-state index is 0.0196. The highest BCUT2D eigenvalue weighted by Gasteiger charge is 2.34. The van der Waals surface area contributed by atoms with E-state index in [2.05, 4.69) is 26.1 Å². The quantitative estimate of drug-likeness (QED) is 0.236. The molecular weight excluding hydrogens is 528 g/mol. The third-order valence-corrected chi connectivity index (χ3v) is 7.26. The molecule has 0 aliphatic heterocycles. The van der Waals surface area contributed by atoms with Crippen LogP contribution in [0.1, 0.15) is 58.2 Å². The van der Waals surface area contributed by atoms with E-state index in [1.807, 2.05) is 75.4 Å². The van der Waals surface area contributed by atoms with E-state index in [4.69, 9.17) is 14.2 Å². The Morgan fingerprint density at radius 2 is 1.48 bits per heavy atom. The Morgan fingerprint density at radius 1 is 0.857 bits per heavy atom. The molecule has 0 aliphatic rings. The van der Waals surface area contributed by atoms with Gasteiger partial charge in [-0.2, -0.15) is 0 Å². The van der Waals surface area contributed by atoms with Gasteiger partial charge in [-0.3, -0.25) is 14.2 Å². The van der Waals surface area contributed by atoms with Crippen LogP contribution in [-0.4, -0.2) is 37.3 Å². The Labute approximate surface area is 248 Å². The SMILES string of the molecule is COc1cc2c(c(-c3ccccc3)cc(=O)n2C(C(=O)NC(C)(C)CC(C)(C)C)c2ccc(C)cc2)c(OC)c1OC. The standard InChI is InChI=1S/C35H42N2O5/c1-22-15-17-24(18-16-22)30(33(39)36-35(5,6)21-34(2,3)4)37-26-20-27(40-7)31(41-8)32(42-9)29(26)25(19-28(37)38)23-13-11-10-12-14-23/h10-20,30H,21H2,1-9H3,(H,36,39). The van der Waals surface area contributed by atoms with Crippen molar-refractivity contribution in [3.8, 4) is 28.4 Å². The van der Waals surface area contributed by atoms with E-state index >= 15 is 0 Å². The lowest BCUT2D eigenvalue weighted by Gasteiger charge is -2.35. The summed E-state index contributed by atoms with van der Waals surface area (Å²) in [6, 6.07) is 19.7. The van der Waals surface area contributed by atoms with E-state index in [1.54, 1.807) is 30.9 Å². The number of hydrogen-bond donors (Lipinski definition) is 1. The molecule has 42 heavy (non-hydrogen) atoms. The minimum Gasteiger partial charge on any atom is -0.493 e. The topological polar surface area (TPSA) is 78.8 Å².